The van der Waals surface area contributed by atoms with Gasteiger partial charge in [0.15, 0.2) is 11.9 Å². The van der Waals surface area contributed by atoms with Crippen LogP contribution in [-0.4, -0.2) is 35.9 Å². The lowest BCUT2D eigenvalue weighted by atomic mass is 10.2. The predicted octanol–water partition coefficient (Wildman–Crippen LogP) is 1.06. The molecule has 1 unspecified atom stereocenters. The van der Waals surface area contributed by atoms with Gasteiger partial charge in [0.2, 0.25) is 0 Å². The van der Waals surface area contributed by atoms with Crippen molar-refractivity contribution in [3.8, 4) is 0 Å². The van der Waals surface area contributed by atoms with Crippen LogP contribution >= 0.6 is 0 Å². The highest BCUT2D eigenvalue weighted by Crippen LogP contribution is 2.31. The molecule has 1 saturated heterocycles. The Labute approximate surface area is 73.4 Å². The zero-order valence-corrected chi connectivity index (χ0v) is 7.26. The first-order chi connectivity index (χ1) is 5.72. The first kappa shape index (κ1) is 10.7. The standard InChI is InChI=1S/C7H11F3O3/c1-6(2)12-3-4(13-6)5(11)7(8,9)10/h4-5,11H,3H2,1-2H3/t4?,5-/m0/s1. The van der Waals surface area contributed by atoms with Crippen molar-refractivity contribution in [1.29, 1.82) is 0 Å². The maximum absolute atomic E-state index is 12.0. The molecule has 6 heteroatoms. The summed E-state index contributed by atoms with van der Waals surface area (Å²) in [5.41, 5.74) is 0. The minimum atomic E-state index is -4.66. The third kappa shape index (κ3) is 2.55. The molecule has 1 rings (SSSR count). The minimum Gasteiger partial charge on any atom is -0.381 e. The van der Waals surface area contributed by atoms with E-state index in [1.165, 1.54) is 13.8 Å². The Hall–Kier alpha value is -0.330. The highest BCUT2D eigenvalue weighted by atomic mass is 19.4. The number of halogens is 3. The first-order valence-electron chi connectivity index (χ1n) is 3.79. The van der Waals surface area contributed by atoms with E-state index >= 15 is 0 Å². The highest BCUT2D eigenvalue weighted by molar-refractivity contribution is 4.81. The molecule has 0 spiro atoms. The van der Waals surface area contributed by atoms with E-state index in [-0.39, 0.29) is 6.61 Å². The van der Waals surface area contributed by atoms with Gasteiger partial charge in [0.1, 0.15) is 6.10 Å². The van der Waals surface area contributed by atoms with Crippen LogP contribution < -0.4 is 0 Å². The SMILES string of the molecule is CC1(C)OCC([C@H](O)C(F)(F)F)O1. The average Bonchev–Trinajstić information content (AvgIpc) is 2.26. The molecule has 0 aliphatic carbocycles. The smallest absolute Gasteiger partial charge is 0.381 e. The van der Waals surface area contributed by atoms with Crippen LogP contribution in [0.5, 0.6) is 0 Å². The van der Waals surface area contributed by atoms with E-state index in [4.69, 9.17) is 14.6 Å². The van der Waals surface area contributed by atoms with Crippen LogP contribution in [0, 0.1) is 0 Å². The average molecular weight is 200 g/mol. The fourth-order valence-electron chi connectivity index (χ4n) is 1.08. The summed E-state index contributed by atoms with van der Waals surface area (Å²) in [6.45, 7) is 2.75. The van der Waals surface area contributed by atoms with Gasteiger partial charge in [-0.3, -0.25) is 0 Å². The maximum atomic E-state index is 12.0. The molecule has 1 aliphatic heterocycles. The summed E-state index contributed by atoms with van der Waals surface area (Å²) >= 11 is 0. The lowest BCUT2D eigenvalue weighted by Gasteiger charge is -2.21. The molecule has 0 aromatic rings. The molecule has 0 amide bonds. The van der Waals surface area contributed by atoms with Crippen LogP contribution in [0.2, 0.25) is 0 Å². The van der Waals surface area contributed by atoms with Crippen LogP contribution in [0.25, 0.3) is 0 Å². The van der Waals surface area contributed by atoms with Crippen molar-refractivity contribution < 1.29 is 27.8 Å². The zero-order chi connectivity index (χ0) is 10.3. The van der Waals surface area contributed by atoms with Crippen molar-refractivity contribution in [2.75, 3.05) is 6.61 Å². The second-order valence-electron chi connectivity index (χ2n) is 3.35. The molecule has 1 heterocycles. The fourth-order valence-corrected chi connectivity index (χ4v) is 1.08. The van der Waals surface area contributed by atoms with Gasteiger partial charge in [-0.25, -0.2) is 0 Å². The summed E-state index contributed by atoms with van der Waals surface area (Å²) in [6.07, 6.45) is -8.46. The number of hydrogen-bond acceptors (Lipinski definition) is 3. The summed E-state index contributed by atoms with van der Waals surface area (Å²) in [5, 5.41) is 8.79. The van der Waals surface area contributed by atoms with Crippen LogP contribution in [0.3, 0.4) is 0 Å². The zero-order valence-electron chi connectivity index (χ0n) is 7.26. The van der Waals surface area contributed by atoms with Gasteiger partial charge in [-0.2, -0.15) is 13.2 Å². The molecule has 0 aromatic carbocycles. The number of ether oxygens (including phenoxy) is 2. The van der Waals surface area contributed by atoms with E-state index in [9.17, 15) is 13.2 Å². The summed E-state index contributed by atoms with van der Waals surface area (Å²) in [4.78, 5) is 0. The van der Waals surface area contributed by atoms with E-state index in [0.29, 0.717) is 0 Å². The van der Waals surface area contributed by atoms with Gasteiger partial charge in [-0.1, -0.05) is 0 Å². The van der Waals surface area contributed by atoms with Gasteiger partial charge in [0, 0.05) is 0 Å². The number of alkyl halides is 3. The lowest BCUT2D eigenvalue weighted by Crippen LogP contribution is -2.41. The summed E-state index contributed by atoms with van der Waals surface area (Å²) < 4.78 is 45.6. The second-order valence-corrected chi connectivity index (χ2v) is 3.35. The number of hydrogen-bond donors (Lipinski definition) is 1. The highest BCUT2D eigenvalue weighted by Gasteiger charge is 2.49. The summed E-state index contributed by atoms with van der Waals surface area (Å²) in [7, 11) is 0. The van der Waals surface area contributed by atoms with Crippen molar-refractivity contribution >= 4 is 0 Å². The first-order valence-corrected chi connectivity index (χ1v) is 3.79. The molecule has 13 heavy (non-hydrogen) atoms. The van der Waals surface area contributed by atoms with Crippen molar-refractivity contribution in [2.24, 2.45) is 0 Å². The molecule has 78 valence electrons. The monoisotopic (exact) mass is 200 g/mol. The molecule has 1 fully saturated rings. The Morgan fingerprint density at radius 3 is 2.31 bits per heavy atom. The molecule has 0 radical (unpaired) electrons. The largest absolute Gasteiger partial charge is 0.417 e. The van der Waals surface area contributed by atoms with Crippen LogP contribution in [0.1, 0.15) is 13.8 Å². The summed E-state index contributed by atoms with van der Waals surface area (Å²) in [5.74, 6) is -1.04. The Morgan fingerprint density at radius 1 is 1.46 bits per heavy atom. The molecular weight excluding hydrogens is 189 g/mol. The Balaban J connectivity index is 2.57. The predicted molar refractivity (Wildman–Crippen MR) is 37.0 cm³/mol. The van der Waals surface area contributed by atoms with Gasteiger partial charge in [-0.05, 0) is 13.8 Å². The number of aliphatic hydroxyl groups is 1. The van der Waals surface area contributed by atoms with E-state index in [1.54, 1.807) is 0 Å². The van der Waals surface area contributed by atoms with E-state index in [2.05, 4.69) is 0 Å². The third-order valence-corrected chi connectivity index (χ3v) is 1.72. The quantitative estimate of drug-likeness (QED) is 0.687. The number of rotatable bonds is 1. The van der Waals surface area contributed by atoms with E-state index in [0.717, 1.165) is 0 Å². The summed E-state index contributed by atoms with van der Waals surface area (Å²) in [6, 6.07) is 0. The van der Waals surface area contributed by atoms with Gasteiger partial charge >= 0.3 is 6.18 Å². The van der Waals surface area contributed by atoms with E-state index in [1.807, 2.05) is 0 Å². The van der Waals surface area contributed by atoms with Crippen molar-refractivity contribution in [3.05, 3.63) is 0 Å². The van der Waals surface area contributed by atoms with Crippen LogP contribution in [0.15, 0.2) is 0 Å². The van der Waals surface area contributed by atoms with Gasteiger partial charge in [-0.15, -0.1) is 0 Å². The normalized spacial score (nSPS) is 30.5. The van der Waals surface area contributed by atoms with Crippen LogP contribution in [0.4, 0.5) is 13.2 Å². The molecule has 1 N–H and O–H groups in total. The third-order valence-electron chi connectivity index (χ3n) is 1.72. The molecule has 0 aromatic heterocycles. The second kappa shape index (κ2) is 3.11. The molecule has 1 aliphatic rings. The van der Waals surface area contributed by atoms with Crippen molar-refractivity contribution in [1.82, 2.24) is 0 Å². The fraction of sp³-hybridized carbons (Fsp3) is 1.00. The van der Waals surface area contributed by atoms with Crippen molar-refractivity contribution in [2.45, 2.75) is 38.0 Å². The van der Waals surface area contributed by atoms with Crippen LogP contribution in [-0.2, 0) is 9.47 Å². The molecule has 2 atom stereocenters. The lowest BCUT2D eigenvalue weighted by molar-refractivity contribution is -0.241. The number of aliphatic hydroxyl groups excluding tert-OH is 1. The minimum absolute atomic E-state index is 0.242. The van der Waals surface area contributed by atoms with Gasteiger partial charge in [0.25, 0.3) is 0 Å². The molecule has 0 saturated carbocycles. The topological polar surface area (TPSA) is 38.7 Å². The van der Waals surface area contributed by atoms with Gasteiger partial charge < -0.3 is 14.6 Å². The van der Waals surface area contributed by atoms with E-state index < -0.39 is 24.2 Å². The molecule has 0 bridgehead atoms. The molecular formula is C7H11F3O3. The molecule has 3 nitrogen and oxygen atoms in total. The Bertz CT molecular complexity index is 190. The van der Waals surface area contributed by atoms with Crippen molar-refractivity contribution in [3.63, 3.8) is 0 Å². The Kier molecular flexibility index (Phi) is 2.57. The maximum Gasteiger partial charge on any atom is 0.417 e. The van der Waals surface area contributed by atoms with Gasteiger partial charge in [0.05, 0.1) is 6.61 Å². The Morgan fingerprint density at radius 2 is 2.00 bits per heavy atom.